The Morgan fingerprint density at radius 2 is 2.27 bits per heavy atom. The lowest BCUT2D eigenvalue weighted by atomic mass is 10.1. The number of nitrogens with zero attached hydrogens (tertiary/aromatic N) is 2. The Kier molecular flexibility index (Phi) is 1.79. The third-order valence-corrected chi connectivity index (χ3v) is 2.94. The number of aromatic amines is 1. The van der Waals surface area contributed by atoms with Crippen LogP contribution in [0.4, 0.5) is 0 Å². The van der Waals surface area contributed by atoms with E-state index in [4.69, 9.17) is 5.73 Å². The topological polar surface area (TPSA) is 67.6 Å². The lowest BCUT2D eigenvalue weighted by Gasteiger charge is -2.03. The van der Waals surface area contributed by atoms with E-state index in [0.29, 0.717) is 12.5 Å². The molecule has 2 aromatic heterocycles. The van der Waals surface area contributed by atoms with Gasteiger partial charge < -0.3 is 10.7 Å². The lowest BCUT2D eigenvalue weighted by Crippen LogP contribution is -1.99. The van der Waals surface area contributed by atoms with Crippen LogP contribution in [0.5, 0.6) is 0 Å². The van der Waals surface area contributed by atoms with Crippen LogP contribution in [0.3, 0.4) is 0 Å². The Hall–Kier alpha value is -1.42. The molecule has 1 aliphatic rings. The van der Waals surface area contributed by atoms with Gasteiger partial charge in [0.15, 0.2) is 0 Å². The number of aromatic nitrogens is 3. The molecule has 4 nitrogen and oxygen atoms in total. The first-order valence-corrected chi connectivity index (χ1v) is 5.34. The van der Waals surface area contributed by atoms with Gasteiger partial charge >= 0.3 is 0 Å². The van der Waals surface area contributed by atoms with Crippen molar-refractivity contribution in [2.45, 2.75) is 32.2 Å². The van der Waals surface area contributed by atoms with Crippen molar-refractivity contribution in [3.8, 4) is 0 Å². The normalized spacial score (nSPS) is 16.1. The van der Waals surface area contributed by atoms with Crippen LogP contribution in [0.25, 0.3) is 11.0 Å². The summed E-state index contributed by atoms with van der Waals surface area (Å²) in [6.07, 6.45) is 4.45. The van der Waals surface area contributed by atoms with Crippen LogP contribution >= 0.6 is 0 Å². The van der Waals surface area contributed by atoms with Crippen LogP contribution in [0, 0.1) is 6.92 Å². The first-order chi connectivity index (χ1) is 7.29. The zero-order valence-electron chi connectivity index (χ0n) is 8.75. The van der Waals surface area contributed by atoms with Crippen molar-refractivity contribution in [3.05, 3.63) is 23.3 Å². The quantitative estimate of drug-likeness (QED) is 0.777. The average Bonchev–Trinajstić information content (AvgIpc) is 2.98. The fourth-order valence-electron chi connectivity index (χ4n) is 2.06. The maximum Gasteiger partial charge on any atom is 0.141 e. The molecule has 15 heavy (non-hydrogen) atoms. The van der Waals surface area contributed by atoms with Crippen molar-refractivity contribution in [3.63, 3.8) is 0 Å². The fraction of sp³-hybridized carbons (Fsp3) is 0.455. The third kappa shape index (κ3) is 1.33. The first kappa shape index (κ1) is 8.85. The van der Waals surface area contributed by atoms with Gasteiger partial charge in [-0.2, -0.15) is 0 Å². The molecule has 1 saturated carbocycles. The molecule has 3 N–H and O–H groups in total. The highest BCUT2D eigenvalue weighted by Crippen LogP contribution is 2.42. The van der Waals surface area contributed by atoms with Crippen molar-refractivity contribution in [2.24, 2.45) is 5.73 Å². The van der Waals surface area contributed by atoms with E-state index in [9.17, 15) is 0 Å². The minimum Gasteiger partial charge on any atom is -0.346 e. The van der Waals surface area contributed by atoms with Gasteiger partial charge in [0.2, 0.25) is 0 Å². The van der Waals surface area contributed by atoms with Crippen molar-refractivity contribution in [2.75, 3.05) is 0 Å². The zero-order chi connectivity index (χ0) is 10.4. The second-order valence-corrected chi connectivity index (χ2v) is 4.17. The van der Waals surface area contributed by atoms with Gasteiger partial charge in [0.1, 0.15) is 11.5 Å². The highest BCUT2D eigenvalue weighted by molar-refractivity contribution is 5.83. The molecule has 0 bridgehead atoms. The van der Waals surface area contributed by atoms with Gasteiger partial charge in [0, 0.05) is 24.0 Å². The monoisotopic (exact) mass is 202 g/mol. The maximum absolute atomic E-state index is 5.71. The average molecular weight is 202 g/mol. The molecule has 0 amide bonds. The molecule has 0 atom stereocenters. The molecule has 1 fully saturated rings. The summed E-state index contributed by atoms with van der Waals surface area (Å²) in [4.78, 5) is 12.1. The van der Waals surface area contributed by atoms with Gasteiger partial charge in [-0.25, -0.2) is 9.97 Å². The molecule has 0 spiro atoms. The zero-order valence-corrected chi connectivity index (χ0v) is 8.75. The first-order valence-electron chi connectivity index (χ1n) is 5.34. The third-order valence-electron chi connectivity index (χ3n) is 2.94. The Balaban J connectivity index is 2.32. The number of nitrogens with two attached hydrogens (primary N) is 1. The summed E-state index contributed by atoms with van der Waals surface area (Å²) in [6.45, 7) is 2.49. The van der Waals surface area contributed by atoms with E-state index in [1.54, 1.807) is 0 Å². The second kappa shape index (κ2) is 3.03. The summed E-state index contributed by atoms with van der Waals surface area (Å²) < 4.78 is 0. The van der Waals surface area contributed by atoms with Gasteiger partial charge in [-0.3, -0.25) is 0 Å². The summed E-state index contributed by atoms with van der Waals surface area (Å²) in [5.41, 5.74) is 8.97. The standard InChI is InChI=1S/C11H14N4/c1-6-14-10(7-2-3-7)9-8(4-12)5-13-11(9)15-6/h5,7H,2-4,12H2,1H3,(H,13,14,15). The van der Waals surface area contributed by atoms with E-state index in [1.165, 1.54) is 18.5 Å². The van der Waals surface area contributed by atoms with Gasteiger partial charge in [-0.15, -0.1) is 0 Å². The van der Waals surface area contributed by atoms with Crippen molar-refractivity contribution in [1.29, 1.82) is 0 Å². The number of H-pyrrole nitrogens is 1. The van der Waals surface area contributed by atoms with E-state index < -0.39 is 0 Å². The van der Waals surface area contributed by atoms with Crippen LogP contribution in [0.2, 0.25) is 0 Å². The Morgan fingerprint density at radius 1 is 1.47 bits per heavy atom. The Bertz CT molecular complexity index is 511. The molecular formula is C11H14N4. The van der Waals surface area contributed by atoms with E-state index in [-0.39, 0.29) is 0 Å². The van der Waals surface area contributed by atoms with Crippen LogP contribution < -0.4 is 5.73 Å². The minimum atomic E-state index is 0.548. The molecule has 0 radical (unpaired) electrons. The number of hydrogen-bond donors (Lipinski definition) is 2. The number of aryl methyl sites for hydroxylation is 1. The molecule has 1 aliphatic carbocycles. The summed E-state index contributed by atoms with van der Waals surface area (Å²) in [7, 11) is 0. The molecular weight excluding hydrogens is 188 g/mol. The van der Waals surface area contributed by atoms with E-state index >= 15 is 0 Å². The summed E-state index contributed by atoms with van der Waals surface area (Å²) >= 11 is 0. The number of hydrogen-bond acceptors (Lipinski definition) is 3. The van der Waals surface area contributed by atoms with Crippen molar-refractivity contribution < 1.29 is 0 Å². The van der Waals surface area contributed by atoms with Crippen LogP contribution in [0.15, 0.2) is 6.20 Å². The maximum atomic E-state index is 5.71. The number of rotatable bonds is 2. The smallest absolute Gasteiger partial charge is 0.141 e. The van der Waals surface area contributed by atoms with E-state index in [1.807, 2.05) is 13.1 Å². The van der Waals surface area contributed by atoms with Gasteiger partial charge in [-0.05, 0) is 25.3 Å². The molecule has 0 aromatic carbocycles. The molecule has 4 heteroatoms. The molecule has 0 saturated heterocycles. The SMILES string of the molecule is Cc1nc(C2CC2)c2c(CN)c[nH]c2n1. The van der Waals surface area contributed by atoms with Gasteiger partial charge in [-0.1, -0.05) is 0 Å². The van der Waals surface area contributed by atoms with Gasteiger partial charge in [0.25, 0.3) is 0 Å². The molecule has 0 unspecified atom stereocenters. The Labute approximate surface area is 87.9 Å². The molecule has 2 heterocycles. The minimum absolute atomic E-state index is 0.548. The molecule has 2 aromatic rings. The molecule has 3 rings (SSSR count). The molecule has 78 valence electrons. The summed E-state index contributed by atoms with van der Waals surface area (Å²) in [5, 5.41) is 1.16. The predicted molar refractivity (Wildman–Crippen MR) is 58.5 cm³/mol. The van der Waals surface area contributed by atoms with Crippen LogP contribution in [-0.4, -0.2) is 15.0 Å². The highest BCUT2D eigenvalue weighted by Gasteiger charge is 2.28. The second-order valence-electron chi connectivity index (χ2n) is 4.17. The number of nitrogens with one attached hydrogen (secondary N) is 1. The van der Waals surface area contributed by atoms with E-state index in [0.717, 1.165) is 22.4 Å². The Morgan fingerprint density at radius 3 is 2.93 bits per heavy atom. The van der Waals surface area contributed by atoms with Gasteiger partial charge in [0.05, 0.1) is 5.69 Å². The highest BCUT2D eigenvalue weighted by atomic mass is 15.0. The van der Waals surface area contributed by atoms with Crippen LogP contribution in [0.1, 0.15) is 35.8 Å². The summed E-state index contributed by atoms with van der Waals surface area (Å²) in [5.74, 6) is 1.48. The fourth-order valence-corrected chi connectivity index (χ4v) is 2.06. The van der Waals surface area contributed by atoms with Crippen LogP contribution in [-0.2, 0) is 6.54 Å². The van der Waals surface area contributed by atoms with E-state index in [2.05, 4.69) is 15.0 Å². The predicted octanol–water partition coefficient (Wildman–Crippen LogP) is 1.60. The molecule has 0 aliphatic heterocycles. The van der Waals surface area contributed by atoms with Crippen molar-refractivity contribution >= 4 is 11.0 Å². The van der Waals surface area contributed by atoms with Crippen molar-refractivity contribution in [1.82, 2.24) is 15.0 Å². The largest absolute Gasteiger partial charge is 0.346 e. The number of fused-ring (bicyclic) bond motifs is 1. The lowest BCUT2D eigenvalue weighted by molar-refractivity contribution is 0.965. The summed E-state index contributed by atoms with van der Waals surface area (Å²) in [6, 6.07) is 0.